The van der Waals surface area contributed by atoms with Crippen LogP contribution < -0.4 is 10.2 Å². The lowest BCUT2D eigenvalue weighted by Crippen LogP contribution is -2.18. The number of hydrogen-bond acceptors (Lipinski definition) is 4. The minimum Gasteiger partial charge on any atom is -0.373 e. The van der Waals surface area contributed by atoms with Gasteiger partial charge in [-0.1, -0.05) is 13.0 Å². The van der Waals surface area contributed by atoms with E-state index in [2.05, 4.69) is 27.1 Å². The summed E-state index contributed by atoms with van der Waals surface area (Å²) in [5, 5.41) is 3.09. The molecule has 2 heterocycles. The van der Waals surface area contributed by atoms with Crippen LogP contribution in [0.3, 0.4) is 0 Å². The first kappa shape index (κ1) is 12.8. The third-order valence-electron chi connectivity index (χ3n) is 3.71. The molecule has 2 aromatic rings. The standard InChI is InChI=1S/C15H17FN4/c1-3-12-14(17-2)18-9-19-15(12)20-7-6-10-4-5-11(16)8-13(10)20/h4-5,8-9H,3,6-7H2,1-2H3,(H,17,18,19). The summed E-state index contributed by atoms with van der Waals surface area (Å²) in [5.41, 5.74) is 3.14. The molecule has 1 aromatic heterocycles. The maximum Gasteiger partial charge on any atom is 0.141 e. The lowest BCUT2D eigenvalue weighted by atomic mass is 10.1. The molecule has 0 aliphatic carbocycles. The Bertz CT molecular complexity index is 642. The van der Waals surface area contributed by atoms with E-state index in [0.717, 1.165) is 47.8 Å². The van der Waals surface area contributed by atoms with Crippen LogP contribution in [0.1, 0.15) is 18.1 Å². The van der Waals surface area contributed by atoms with Gasteiger partial charge in [-0.15, -0.1) is 0 Å². The minimum atomic E-state index is -0.211. The number of benzene rings is 1. The largest absolute Gasteiger partial charge is 0.373 e. The number of anilines is 3. The monoisotopic (exact) mass is 272 g/mol. The molecule has 4 nitrogen and oxygen atoms in total. The van der Waals surface area contributed by atoms with E-state index in [1.165, 1.54) is 6.07 Å². The first-order valence-corrected chi connectivity index (χ1v) is 6.82. The van der Waals surface area contributed by atoms with E-state index in [0.29, 0.717) is 0 Å². The van der Waals surface area contributed by atoms with Crippen molar-refractivity contribution in [2.45, 2.75) is 19.8 Å². The topological polar surface area (TPSA) is 41.1 Å². The van der Waals surface area contributed by atoms with Gasteiger partial charge < -0.3 is 10.2 Å². The lowest BCUT2D eigenvalue weighted by Gasteiger charge is -2.22. The van der Waals surface area contributed by atoms with E-state index in [9.17, 15) is 4.39 Å². The van der Waals surface area contributed by atoms with Crippen LogP contribution in [0, 0.1) is 5.82 Å². The Kier molecular flexibility index (Phi) is 3.26. The highest BCUT2D eigenvalue weighted by atomic mass is 19.1. The van der Waals surface area contributed by atoms with Crippen molar-refractivity contribution < 1.29 is 4.39 Å². The average molecular weight is 272 g/mol. The molecular weight excluding hydrogens is 255 g/mol. The minimum absolute atomic E-state index is 0.211. The molecule has 0 fully saturated rings. The molecule has 1 aromatic carbocycles. The van der Waals surface area contributed by atoms with E-state index < -0.39 is 0 Å². The van der Waals surface area contributed by atoms with Gasteiger partial charge in [0.25, 0.3) is 0 Å². The average Bonchev–Trinajstić information content (AvgIpc) is 2.89. The first-order chi connectivity index (χ1) is 9.74. The fourth-order valence-electron chi connectivity index (χ4n) is 2.75. The van der Waals surface area contributed by atoms with Crippen LogP contribution in [-0.2, 0) is 12.8 Å². The molecule has 1 aliphatic rings. The van der Waals surface area contributed by atoms with E-state index in [1.54, 1.807) is 12.4 Å². The number of nitrogens with one attached hydrogen (secondary N) is 1. The van der Waals surface area contributed by atoms with Crippen molar-refractivity contribution in [3.05, 3.63) is 41.5 Å². The van der Waals surface area contributed by atoms with Gasteiger partial charge in [0, 0.05) is 24.8 Å². The zero-order chi connectivity index (χ0) is 14.1. The smallest absolute Gasteiger partial charge is 0.141 e. The Morgan fingerprint density at radius 3 is 2.95 bits per heavy atom. The summed E-state index contributed by atoms with van der Waals surface area (Å²) in [7, 11) is 1.85. The molecule has 0 saturated carbocycles. The zero-order valence-corrected chi connectivity index (χ0v) is 11.7. The molecule has 0 unspecified atom stereocenters. The Morgan fingerprint density at radius 1 is 1.35 bits per heavy atom. The van der Waals surface area contributed by atoms with Crippen molar-refractivity contribution in [2.24, 2.45) is 0 Å². The summed E-state index contributed by atoms with van der Waals surface area (Å²) >= 11 is 0. The van der Waals surface area contributed by atoms with Crippen LogP contribution in [0.5, 0.6) is 0 Å². The molecule has 0 bridgehead atoms. The fourth-order valence-corrected chi connectivity index (χ4v) is 2.75. The number of nitrogens with zero attached hydrogens (tertiary/aromatic N) is 3. The normalized spacial score (nSPS) is 13.4. The molecule has 104 valence electrons. The predicted octanol–water partition coefficient (Wildman–Crippen LogP) is 2.91. The number of fused-ring (bicyclic) bond motifs is 1. The van der Waals surface area contributed by atoms with Gasteiger partial charge in [-0.05, 0) is 30.5 Å². The molecule has 0 spiro atoms. The molecule has 0 saturated heterocycles. The second-order valence-electron chi connectivity index (χ2n) is 4.80. The maximum absolute atomic E-state index is 13.5. The van der Waals surface area contributed by atoms with E-state index in [1.807, 2.05) is 13.1 Å². The van der Waals surface area contributed by atoms with Gasteiger partial charge in [-0.25, -0.2) is 14.4 Å². The molecule has 1 aliphatic heterocycles. The third kappa shape index (κ3) is 1.99. The lowest BCUT2D eigenvalue weighted by molar-refractivity contribution is 0.628. The van der Waals surface area contributed by atoms with E-state index in [-0.39, 0.29) is 5.82 Å². The van der Waals surface area contributed by atoms with Crippen LogP contribution in [0.2, 0.25) is 0 Å². The maximum atomic E-state index is 13.5. The summed E-state index contributed by atoms with van der Waals surface area (Å²) in [6.45, 7) is 2.90. The molecule has 0 amide bonds. The van der Waals surface area contributed by atoms with Gasteiger partial charge in [0.05, 0.1) is 0 Å². The second kappa shape index (κ2) is 5.07. The van der Waals surface area contributed by atoms with Gasteiger partial charge in [-0.2, -0.15) is 0 Å². The second-order valence-corrected chi connectivity index (χ2v) is 4.80. The van der Waals surface area contributed by atoms with Crippen molar-refractivity contribution in [3.8, 4) is 0 Å². The van der Waals surface area contributed by atoms with Crippen LogP contribution in [0.4, 0.5) is 21.7 Å². The van der Waals surface area contributed by atoms with Gasteiger partial charge >= 0.3 is 0 Å². The van der Waals surface area contributed by atoms with Crippen LogP contribution >= 0.6 is 0 Å². The SMILES string of the molecule is CCc1c(NC)ncnc1N1CCc2ccc(F)cc21. The molecule has 1 N–H and O–H groups in total. The first-order valence-electron chi connectivity index (χ1n) is 6.82. The van der Waals surface area contributed by atoms with E-state index in [4.69, 9.17) is 0 Å². The quantitative estimate of drug-likeness (QED) is 0.932. The van der Waals surface area contributed by atoms with Crippen LogP contribution in [0.15, 0.2) is 24.5 Å². The third-order valence-corrected chi connectivity index (χ3v) is 3.71. The Balaban J connectivity index is 2.10. The number of halogens is 1. The number of rotatable bonds is 3. The molecule has 20 heavy (non-hydrogen) atoms. The summed E-state index contributed by atoms with van der Waals surface area (Å²) in [6.07, 6.45) is 3.29. The Morgan fingerprint density at radius 2 is 2.20 bits per heavy atom. The van der Waals surface area contributed by atoms with Crippen molar-refractivity contribution in [1.29, 1.82) is 0 Å². The molecule has 0 atom stereocenters. The van der Waals surface area contributed by atoms with Gasteiger partial charge in [0.2, 0.25) is 0 Å². The molecule has 5 heteroatoms. The highest BCUT2D eigenvalue weighted by Gasteiger charge is 2.24. The highest BCUT2D eigenvalue weighted by molar-refractivity contribution is 5.72. The van der Waals surface area contributed by atoms with Gasteiger partial charge in [0.15, 0.2) is 0 Å². The summed E-state index contributed by atoms with van der Waals surface area (Å²) in [4.78, 5) is 10.8. The summed E-state index contributed by atoms with van der Waals surface area (Å²) < 4.78 is 13.5. The van der Waals surface area contributed by atoms with Crippen molar-refractivity contribution in [3.63, 3.8) is 0 Å². The Labute approximate surface area is 117 Å². The van der Waals surface area contributed by atoms with Crippen LogP contribution in [-0.4, -0.2) is 23.6 Å². The van der Waals surface area contributed by atoms with Crippen molar-refractivity contribution in [2.75, 3.05) is 23.8 Å². The zero-order valence-electron chi connectivity index (χ0n) is 11.7. The fraction of sp³-hybridized carbons (Fsp3) is 0.333. The van der Waals surface area contributed by atoms with Crippen molar-refractivity contribution >= 4 is 17.3 Å². The van der Waals surface area contributed by atoms with E-state index >= 15 is 0 Å². The van der Waals surface area contributed by atoms with Gasteiger partial charge in [0.1, 0.15) is 23.8 Å². The Hall–Kier alpha value is -2.17. The number of aromatic nitrogens is 2. The number of hydrogen-bond donors (Lipinski definition) is 1. The molecular formula is C15H17FN4. The molecule has 0 radical (unpaired) electrons. The summed E-state index contributed by atoms with van der Waals surface area (Å²) in [5.74, 6) is 1.50. The van der Waals surface area contributed by atoms with Gasteiger partial charge in [-0.3, -0.25) is 0 Å². The molecule has 3 rings (SSSR count). The van der Waals surface area contributed by atoms with Crippen molar-refractivity contribution in [1.82, 2.24) is 9.97 Å². The van der Waals surface area contributed by atoms with Crippen LogP contribution in [0.25, 0.3) is 0 Å². The summed E-state index contributed by atoms with van der Waals surface area (Å²) in [6, 6.07) is 4.96. The predicted molar refractivity (Wildman–Crippen MR) is 78.1 cm³/mol. The highest BCUT2D eigenvalue weighted by Crippen LogP contribution is 2.36.